The van der Waals surface area contributed by atoms with Crippen LogP contribution in [0.5, 0.6) is 0 Å². The number of hydrogen-bond acceptors (Lipinski definition) is 3. The van der Waals surface area contributed by atoms with Crippen molar-refractivity contribution in [3.8, 4) is 0 Å². The van der Waals surface area contributed by atoms with Crippen LogP contribution in [0.1, 0.15) is 11.1 Å². The molecule has 2 rings (SSSR count). The third kappa shape index (κ3) is 3.01. The molecule has 0 unspecified atom stereocenters. The van der Waals surface area contributed by atoms with Crippen LogP contribution in [0.2, 0.25) is 0 Å². The first-order chi connectivity index (χ1) is 8.79. The van der Waals surface area contributed by atoms with Crippen molar-refractivity contribution in [1.82, 2.24) is 0 Å². The lowest BCUT2D eigenvalue weighted by Crippen LogP contribution is -2.00. The van der Waals surface area contributed by atoms with E-state index in [1.807, 2.05) is 49.4 Å². The molecule has 0 fully saturated rings. The zero-order valence-corrected chi connectivity index (χ0v) is 10.00. The van der Waals surface area contributed by atoms with Gasteiger partial charge in [-0.15, -0.1) is 4.91 Å². The molecule has 0 aliphatic rings. The van der Waals surface area contributed by atoms with Gasteiger partial charge in [0.15, 0.2) is 0 Å². The monoisotopic (exact) mass is 239 g/mol. The van der Waals surface area contributed by atoms with E-state index in [0.717, 1.165) is 5.69 Å². The lowest BCUT2D eigenvalue weighted by molar-refractivity contribution is 1.30. The Morgan fingerprint density at radius 3 is 2.28 bits per heavy atom. The van der Waals surface area contributed by atoms with Crippen LogP contribution in [0.25, 0.3) is 0 Å². The van der Waals surface area contributed by atoms with E-state index >= 15 is 0 Å². The third-order valence-corrected chi connectivity index (χ3v) is 2.46. The summed E-state index contributed by atoms with van der Waals surface area (Å²) in [5.41, 5.74) is 5.49. The van der Waals surface area contributed by atoms with Gasteiger partial charge in [0, 0.05) is 5.56 Å². The number of nitrogens with one attached hydrogen (secondary N) is 1. The van der Waals surface area contributed by atoms with Crippen molar-refractivity contribution in [2.45, 2.75) is 6.92 Å². The molecule has 0 saturated heterocycles. The van der Waals surface area contributed by atoms with Crippen LogP contribution in [0.3, 0.4) is 0 Å². The lowest BCUT2D eigenvalue weighted by Gasteiger charge is -2.02. The van der Waals surface area contributed by atoms with Crippen molar-refractivity contribution in [3.63, 3.8) is 0 Å². The van der Waals surface area contributed by atoms with Crippen molar-refractivity contribution in [3.05, 3.63) is 70.6 Å². The molecule has 0 aliphatic carbocycles. The molecule has 2 aromatic carbocycles. The molecule has 0 amide bonds. The molecular formula is C14H13N3O. The van der Waals surface area contributed by atoms with Crippen molar-refractivity contribution < 1.29 is 0 Å². The Morgan fingerprint density at radius 2 is 1.67 bits per heavy atom. The molecule has 0 aliphatic heterocycles. The van der Waals surface area contributed by atoms with Gasteiger partial charge in [-0.05, 0) is 24.2 Å². The second-order valence-corrected chi connectivity index (χ2v) is 3.87. The van der Waals surface area contributed by atoms with Crippen LogP contribution < -0.4 is 5.43 Å². The first-order valence-electron chi connectivity index (χ1n) is 5.59. The van der Waals surface area contributed by atoms with Crippen molar-refractivity contribution in [1.29, 1.82) is 0 Å². The maximum atomic E-state index is 10.8. The number of hydrazone groups is 1. The minimum Gasteiger partial charge on any atom is -0.276 e. The summed E-state index contributed by atoms with van der Waals surface area (Å²) in [6.45, 7) is 2.01. The van der Waals surface area contributed by atoms with Crippen LogP contribution in [-0.4, -0.2) is 5.84 Å². The molecule has 4 nitrogen and oxygen atoms in total. The summed E-state index contributed by atoms with van der Waals surface area (Å²) >= 11 is 0. The highest BCUT2D eigenvalue weighted by Crippen LogP contribution is 2.09. The van der Waals surface area contributed by atoms with Crippen molar-refractivity contribution >= 4 is 11.5 Å². The third-order valence-electron chi connectivity index (χ3n) is 2.46. The van der Waals surface area contributed by atoms with Gasteiger partial charge < -0.3 is 0 Å². The van der Waals surface area contributed by atoms with Gasteiger partial charge in [0.25, 0.3) is 0 Å². The average Bonchev–Trinajstić information content (AvgIpc) is 2.43. The van der Waals surface area contributed by atoms with Gasteiger partial charge in [-0.2, -0.15) is 5.10 Å². The Labute approximate surface area is 105 Å². The maximum Gasteiger partial charge on any atom is 0.222 e. The number of nitrogens with zero attached hydrogens (tertiary/aromatic N) is 2. The lowest BCUT2D eigenvalue weighted by atomic mass is 10.2. The number of nitroso groups, excluding NO2 is 1. The van der Waals surface area contributed by atoms with E-state index in [4.69, 9.17) is 0 Å². The Morgan fingerprint density at radius 1 is 1.00 bits per heavy atom. The molecule has 0 aromatic heterocycles. The Balaban J connectivity index is 2.16. The van der Waals surface area contributed by atoms with E-state index in [1.54, 1.807) is 12.1 Å². The summed E-state index contributed by atoms with van der Waals surface area (Å²) in [5.74, 6) is 0.135. The molecule has 0 atom stereocenters. The first kappa shape index (κ1) is 12.0. The molecular weight excluding hydrogens is 226 g/mol. The molecule has 4 heteroatoms. The summed E-state index contributed by atoms with van der Waals surface area (Å²) < 4.78 is 0. The van der Waals surface area contributed by atoms with Gasteiger partial charge in [0.05, 0.1) is 5.69 Å². The summed E-state index contributed by atoms with van der Waals surface area (Å²) in [6, 6.07) is 16.8. The Bertz CT molecular complexity index is 547. The van der Waals surface area contributed by atoms with Crippen molar-refractivity contribution in [2.75, 3.05) is 5.43 Å². The second kappa shape index (κ2) is 5.72. The van der Waals surface area contributed by atoms with Crippen LogP contribution in [0.4, 0.5) is 5.69 Å². The van der Waals surface area contributed by atoms with Crippen molar-refractivity contribution in [2.24, 2.45) is 10.3 Å². The number of benzene rings is 2. The van der Waals surface area contributed by atoms with E-state index < -0.39 is 0 Å². The highest BCUT2D eigenvalue weighted by molar-refractivity contribution is 5.99. The van der Waals surface area contributed by atoms with E-state index in [-0.39, 0.29) is 5.84 Å². The minimum absolute atomic E-state index is 0.135. The first-order valence-corrected chi connectivity index (χ1v) is 5.59. The number of aryl methyl sites for hydroxylation is 1. The standard InChI is InChI=1S/C14H13N3O/c1-11-7-9-13(10-8-11)15-16-14(17-18)12-5-3-2-4-6-12/h2-10,15H,1H3/b16-14-. The van der Waals surface area contributed by atoms with Gasteiger partial charge in [0.1, 0.15) is 0 Å². The maximum absolute atomic E-state index is 10.8. The molecule has 2 aromatic rings. The molecule has 0 heterocycles. The summed E-state index contributed by atoms with van der Waals surface area (Å²) in [4.78, 5) is 10.8. The number of hydrogen-bond donors (Lipinski definition) is 1. The predicted octanol–water partition coefficient (Wildman–Crippen LogP) is 3.54. The summed E-state index contributed by atoms with van der Waals surface area (Å²) in [5, 5.41) is 6.93. The van der Waals surface area contributed by atoms with Gasteiger partial charge in [0.2, 0.25) is 5.84 Å². The van der Waals surface area contributed by atoms with Crippen LogP contribution in [0, 0.1) is 11.8 Å². The van der Waals surface area contributed by atoms with Gasteiger partial charge in [-0.25, -0.2) is 0 Å². The van der Waals surface area contributed by atoms with Crippen LogP contribution >= 0.6 is 0 Å². The zero-order valence-electron chi connectivity index (χ0n) is 10.00. The Kier molecular flexibility index (Phi) is 3.81. The largest absolute Gasteiger partial charge is 0.276 e. The minimum atomic E-state index is 0.135. The average molecular weight is 239 g/mol. The zero-order chi connectivity index (χ0) is 12.8. The van der Waals surface area contributed by atoms with E-state index in [2.05, 4.69) is 15.7 Å². The summed E-state index contributed by atoms with van der Waals surface area (Å²) in [7, 11) is 0. The topological polar surface area (TPSA) is 53.8 Å². The van der Waals surface area contributed by atoms with Crippen LogP contribution in [0.15, 0.2) is 64.9 Å². The highest BCUT2D eigenvalue weighted by atomic mass is 16.3. The van der Waals surface area contributed by atoms with E-state index in [0.29, 0.717) is 5.56 Å². The van der Waals surface area contributed by atoms with Gasteiger partial charge >= 0.3 is 0 Å². The fraction of sp³-hybridized carbons (Fsp3) is 0.0714. The molecule has 18 heavy (non-hydrogen) atoms. The van der Waals surface area contributed by atoms with E-state index in [9.17, 15) is 4.91 Å². The fourth-order valence-electron chi connectivity index (χ4n) is 1.47. The molecule has 0 saturated carbocycles. The fourth-order valence-corrected chi connectivity index (χ4v) is 1.47. The predicted molar refractivity (Wildman–Crippen MR) is 73.6 cm³/mol. The number of rotatable bonds is 3. The van der Waals surface area contributed by atoms with Crippen LogP contribution in [-0.2, 0) is 0 Å². The number of anilines is 1. The molecule has 0 spiro atoms. The summed E-state index contributed by atoms with van der Waals surface area (Å²) in [6.07, 6.45) is 0. The van der Waals surface area contributed by atoms with Gasteiger partial charge in [-0.1, -0.05) is 48.0 Å². The molecule has 1 N–H and O–H groups in total. The molecule has 0 radical (unpaired) electrons. The molecule has 90 valence electrons. The molecule has 0 bridgehead atoms. The van der Waals surface area contributed by atoms with Gasteiger partial charge in [-0.3, -0.25) is 5.43 Å². The SMILES string of the molecule is Cc1ccc(N/N=C(\N=O)c2ccccc2)cc1. The highest BCUT2D eigenvalue weighted by Gasteiger charge is 2.02. The number of amidine groups is 1. The second-order valence-electron chi connectivity index (χ2n) is 3.87. The van der Waals surface area contributed by atoms with E-state index in [1.165, 1.54) is 5.56 Å². The smallest absolute Gasteiger partial charge is 0.222 e. The Hall–Kier alpha value is -2.49. The quantitative estimate of drug-likeness (QED) is 0.385. The normalized spacial score (nSPS) is 11.1.